The van der Waals surface area contributed by atoms with Gasteiger partial charge < -0.3 is 9.32 Å². The van der Waals surface area contributed by atoms with Crippen molar-refractivity contribution < 1.29 is 9.21 Å². The highest BCUT2D eigenvalue weighted by molar-refractivity contribution is 6.33. The zero-order chi connectivity index (χ0) is 19.4. The lowest BCUT2D eigenvalue weighted by Gasteiger charge is -2.20. The molecular formula is C21H22ClN3O2. The zero-order valence-electron chi connectivity index (χ0n) is 15.7. The van der Waals surface area contributed by atoms with Crippen LogP contribution < -0.4 is 0 Å². The molecule has 1 amide bonds. The number of aryl methyl sites for hydroxylation is 2. The van der Waals surface area contributed by atoms with Crippen molar-refractivity contribution in [1.82, 2.24) is 15.1 Å². The highest BCUT2D eigenvalue weighted by Crippen LogP contribution is 2.26. The van der Waals surface area contributed by atoms with Crippen molar-refractivity contribution in [2.75, 3.05) is 6.54 Å². The summed E-state index contributed by atoms with van der Waals surface area (Å²) in [5.74, 6) is 0.693. The van der Waals surface area contributed by atoms with Gasteiger partial charge in [0.1, 0.15) is 0 Å². The molecule has 140 valence electrons. The van der Waals surface area contributed by atoms with Gasteiger partial charge in [-0.3, -0.25) is 4.79 Å². The van der Waals surface area contributed by atoms with Crippen LogP contribution in [0.4, 0.5) is 0 Å². The number of carbonyl (C=O) groups excluding carboxylic acids is 1. The Morgan fingerprint density at radius 1 is 1.11 bits per heavy atom. The highest BCUT2D eigenvalue weighted by atomic mass is 35.5. The molecule has 0 spiro atoms. The molecule has 0 unspecified atom stereocenters. The van der Waals surface area contributed by atoms with Gasteiger partial charge >= 0.3 is 0 Å². The quantitative estimate of drug-likeness (QED) is 0.597. The van der Waals surface area contributed by atoms with Gasteiger partial charge in [0.15, 0.2) is 0 Å². The first-order valence-electron chi connectivity index (χ1n) is 8.93. The van der Waals surface area contributed by atoms with Crippen LogP contribution in [0.15, 0.2) is 46.9 Å². The number of hydrogen-bond acceptors (Lipinski definition) is 4. The van der Waals surface area contributed by atoms with Crippen molar-refractivity contribution in [3.05, 3.63) is 70.1 Å². The Balaban J connectivity index is 1.81. The lowest BCUT2D eigenvalue weighted by atomic mass is 10.1. The number of rotatable bonds is 6. The Labute approximate surface area is 164 Å². The Hall–Kier alpha value is -2.66. The van der Waals surface area contributed by atoms with Crippen LogP contribution in [0.25, 0.3) is 11.5 Å². The van der Waals surface area contributed by atoms with Gasteiger partial charge in [0.05, 0.1) is 17.1 Å². The maximum absolute atomic E-state index is 12.9. The van der Waals surface area contributed by atoms with Crippen LogP contribution in [0, 0.1) is 13.8 Å². The van der Waals surface area contributed by atoms with E-state index in [-0.39, 0.29) is 12.5 Å². The molecule has 3 aromatic rings. The molecule has 0 aliphatic rings. The van der Waals surface area contributed by atoms with E-state index in [0.717, 1.165) is 17.5 Å². The summed E-state index contributed by atoms with van der Waals surface area (Å²) in [5, 5.41) is 8.72. The van der Waals surface area contributed by atoms with E-state index < -0.39 is 0 Å². The van der Waals surface area contributed by atoms with E-state index in [4.69, 9.17) is 16.0 Å². The molecule has 0 saturated carbocycles. The van der Waals surface area contributed by atoms with E-state index in [1.807, 2.05) is 57.2 Å². The third-order valence-corrected chi connectivity index (χ3v) is 4.76. The fraction of sp³-hybridized carbons (Fsp3) is 0.286. The van der Waals surface area contributed by atoms with E-state index in [1.165, 1.54) is 0 Å². The standard InChI is InChI=1S/C21H22ClN3O2/c1-4-11-25(21(26)16-10-9-14(2)15(3)12-16)13-19-23-24-20(27-19)17-7-5-6-8-18(17)22/h5-10,12H,4,11,13H2,1-3H3. The maximum Gasteiger partial charge on any atom is 0.254 e. The number of benzene rings is 2. The largest absolute Gasteiger partial charge is 0.419 e. The van der Waals surface area contributed by atoms with Gasteiger partial charge in [-0.2, -0.15) is 0 Å². The van der Waals surface area contributed by atoms with Crippen LogP contribution in [-0.4, -0.2) is 27.5 Å². The Morgan fingerprint density at radius 3 is 2.59 bits per heavy atom. The first-order valence-corrected chi connectivity index (χ1v) is 9.31. The van der Waals surface area contributed by atoms with E-state index in [1.54, 1.807) is 11.0 Å². The van der Waals surface area contributed by atoms with Gasteiger partial charge in [-0.05, 0) is 55.7 Å². The summed E-state index contributed by atoms with van der Waals surface area (Å²) >= 11 is 6.19. The molecule has 27 heavy (non-hydrogen) atoms. The minimum Gasteiger partial charge on any atom is -0.419 e. The number of nitrogens with zero attached hydrogens (tertiary/aromatic N) is 3. The van der Waals surface area contributed by atoms with E-state index >= 15 is 0 Å². The van der Waals surface area contributed by atoms with Gasteiger partial charge in [0, 0.05) is 12.1 Å². The average molecular weight is 384 g/mol. The van der Waals surface area contributed by atoms with Crippen LogP contribution in [-0.2, 0) is 6.54 Å². The topological polar surface area (TPSA) is 59.2 Å². The monoisotopic (exact) mass is 383 g/mol. The molecule has 3 rings (SSSR count). The van der Waals surface area contributed by atoms with Gasteiger partial charge in [-0.25, -0.2) is 0 Å². The maximum atomic E-state index is 12.9. The molecular weight excluding hydrogens is 362 g/mol. The lowest BCUT2D eigenvalue weighted by molar-refractivity contribution is 0.0728. The van der Waals surface area contributed by atoms with E-state index in [9.17, 15) is 4.79 Å². The van der Waals surface area contributed by atoms with E-state index in [0.29, 0.717) is 34.5 Å². The van der Waals surface area contributed by atoms with Crippen LogP contribution in [0.5, 0.6) is 0 Å². The second-order valence-electron chi connectivity index (χ2n) is 6.51. The number of hydrogen-bond donors (Lipinski definition) is 0. The average Bonchev–Trinajstić information content (AvgIpc) is 3.12. The van der Waals surface area contributed by atoms with E-state index in [2.05, 4.69) is 10.2 Å². The van der Waals surface area contributed by atoms with Crippen molar-refractivity contribution in [3.63, 3.8) is 0 Å². The lowest BCUT2D eigenvalue weighted by Crippen LogP contribution is -2.31. The van der Waals surface area contributed by atoms with Crippen molar-refractivity contribution in [1.29, 1.82) is 0 Å². The molecule has 0 aliphatic carbocycles. The van der Waals surface area contributed by atoms with Crippen LogP contribution >= 0.6 is 11.6 Å². The number of halogens is 1. The number of carbonyl (C=O) groups is 1. The molecule has 0 radical (unpaired) electrons. The minimum absolute atomic E-state index is 0.0440. The molecule has 0 bridgehead atoms. The summed E-state index contributed by atoms with van der Waals surface area (Å²) in [7, 11) is 0. The Kier molecular flexibility index (Phi) is 5.91. The predicted octanol–water partition coefficient (Wildman–Crippen LogP) is 5.06. The molecule has 0 atom stereocenters. The van der Waals surface area contributed by atoms with Gasteiger partial charge in [-0.15, -0.1) is 10.2 Å². The number of amides is 1. The normalized spacial score (nSPS) is 10.8. The first-order chi connectivity index (χ1) is 13.0. The molecule has 1 aromatic heterocycles. The minimum atomic E-state index is -0.0440. The SMILES string of the molecule is CCCN(Cc1nnc(-c2ccccc2Cl)o1)C(=O)c1ccc(C)c(C)c1. The molecule has 0 aliphatic heterocycles. The summed E-state index contributed by atoms with van der Waals surface area (Å²) in [4.78, 5) is 14.7. The first kappa shape index (κ1) is 19.1. The van der Waals surface area contributed by atoms with Gasteiger partial charge in [0.2, 0.25) is 11.8 Å². The summed E-state index contributed by atoms with van der Waals surface area (Å²) in [5.41, 5.74) is 3.60. The second kappa shape index (κ2) is 8.35. The smallest absolute Gasteiger partial charge is 0.254 e. The molecule has 5 nitrogen and oxygen atoms in total. The predicted molar refractivity (Wildman–Crippen MR) is 106 cm³/mol. The second-order valence-corrected chi connectivity index (χ2v) is 6.91. The molecule has 1 heterocycles. The molecule has 0 N–H and O–H groups in total. The Bertz CT molecular complexity index is 952. The summed E-state index contributed by atoms with van der Waals surface area (Å²) in [6.45, 7) is 6.93. The fourth-order valence-electron chi connectivity index (χ4n) is 2.80. The molecule has 0 saturated heterocycles. The van der Waals surface area contributed by atoms with Crippen LogP contribution in [0.1, 0.15) is 40.7 Å². The van der Waals surface area contributed by atoms with Crippen LogP contribution in [0.3, 0.4) is 0 Å². The highest BCUT2D eigenvalue weighted by Gasteiger charge is 2.19. The molecule has 2 aromatic carbocycles. The third kappa shape index (κ3) is 4.37. The summed E-state index contributed by atoms with van der Waals surface area (Å²) in [6, 6.07) is 13.0. The summed E-state index contributed by atoms with van der Waals surface area (Å²) < 4.78 is 5.76. The van der Waals surface area contributed by atoms with Crippen molar-refractivity contribution in [3.8, 4) is 11.5 Å². The summed E-state index contributed by atoms with van der Waals surface area (Å²) in [6.07, 6.45) is 0.835. The van der Waals surface area contributed by atoms with Crippen LogP contribution in [0.2, 0.25) is 5.02 Å². The molecule has 0 fully saturated rings. The fourth-order valence-corrected chi connectivity index (χ4v) is 3.02. The van der Waals surface area contributed by atoms with Gasteiger partial charge in [-0.1, -0.05) is 36.7 Å². The molecule has 6 heteroatoms. The van der Waals surface area contributed by atoms with Crippen molar-refractivity contribution in [2.24, 2.45) is 0 Å². The number of aromatic nitrogens is 2. The van der Waals surface area contributed by atoms with Crippen molar-refractivity contribution in [2.45, 2.75) is 33.7 Å². The zero-order valence-corrected chi connectivity index (χ0v) is 16.5. The Morgan fingerprint density at radius 2 is 1.89 bits per heavy atom. The third-order valence-electron chi connectivity index (χ3n) is 4.43. The van der Waals surface area contributed by atoms with Gasteiger partial charge in [0.25, 0.3) is 5.91 Å². The van der Waals surface area contributed by atoms with Crippen molar-refractivity contribution >= 4 is 17.5 Å².